The van der Waals surface area contributed by atoms with Crippen LogP contribution in [0, 0.1) is 20.8 Å². The highest BCUT2D eigenvalue weighted by atomic mass is 15.4. The van der Waals surface area contributed by atoms with Crippen LogP contribution in [0.25, 0.3) is 78.8 Å². The fourth-order valence-corrected chi connectivity index (χ4v) is 7.63. The molecule has 0 unspecified atom stereocenters. The first kappa shape index (κ1) is 31.5. The van der Waals surface area contributed by atoms with Gasteiger partial charge >= 0.3 is 0 Å². The van der Waals surface area contributed by atoms with Crippen molar-refractivity contribution >= 4 is 33.2 Å². The van der Waals surface area contributed by atoms with Gasteiger partial charge in [-0.2, -0.15) is 0 Å². The molecule has 10 aromatic rings. The molecule has 0 radical (unpaired) electrons. The molecule has 0 saturated carbocycles. The van der Waals surface area contributed by atoms with Crippen molar-refractivity contribution in [2.24, 2.45) is 0 Å². The molecule has 10 rings (SSSR count). The highest BCUT2D eigenvalue weighted by Crippen LogP contribution is 2.36. The number of fused-ring (bicyclic) bond motifs is 3. The fourth-order valence-electron chi connectivity index (χ4n) is 7.63. The number of aromatic nitrogens is 8. The average Bonchev–Trinajstić information content (AvgIpc) is 3.91. The van der Waals surface area contributed by atoms with E-state index in [-0.39, 0.29) is 0 Å². The Hall–Kier alpha value is -7.19. The van der Waals surface area contributed by atoms with Gasteiger partial charge in [-0.1, -0.05) is 76.1 Å². The molecule has 258 valence electrons. The maximum Gasteiger partial charge on any atom is 0.237 e. The molecule has 5 heterocycles. The van der Waals surface area contributed by atoms with Crippen LogP contribution in [0.3, 0.4) is 0 Å². The van der Waals surface area contributed by atoms with Crippen LogP contribution in [0.2, 0.25) is 0 Å². The molecule has 54 heavy (non-hydrogen) atoms. The van der Waals surface area contributed by atoms with Crippen molar-refractivity contribution in [2.75, 3.05) is 0 Å². The van der Waals surface area contributed by atoms with E-state index in [1.165, 1.54) is 0 Å². The molecule has 0 amide bonds. The van der Waals surface area contributed by atoms with E-state index in [1.54, 1.807) is 0 Å². The zero-order chi connectivity index (χ0) is 36.3. The van der Waals surface area contributed by atoms with E-state index in [9.17, 15) is 0 Å². The number of benzene rings is 5. The molecule has 0 atom stereocenters. The molecule has 0 spiro atoms. The first-order valence-electron chi connectivity index (χ1n) is 18.1. The minimum atomic E-state index is 0.789. The van der Waals surface area contributed by atoms with Crippen molar-refractivity contribution in [1.29, 1.82) is 0 Å². The van der Waals surface area contributed by atoms with E-state index in [0.717, 1.165) is 95.4 Å². The smallest absolute Gasteiger partial charge is 0.237 e. The summed E-state index contributed by atoms with van der Waals surface area (Å²) in [5.41, 5.74) is 13.8. The van der Waals surface area contributed by atoms with Crippen LogP contribution >= 0.6 is 0 Å². The Morgan fingerprint density at radius 2 is 1.02 bits per heavy atom. The fraction of sp³-hybridized carbons (Fsp3) is 0.0652. The van der Waals surface area contributed by atoms with E-state index in [2.05, 4.69) is 161 Å². The van der Waals surface area contributed by atoms with Crippen molar-refractivity contribution in [2.45, 2.75) is 20.8 Å². The summed E-state index contributed by atoms with van der Waals surface area (Å²) in [7, 11) is 0. The van der Waals surface area contributed by atoms with Gasteiger partial charge in [0.05, 0.1) is 27.8 Å². The third-order valence-electron chi connectivity index (χ3n) is 10.2. The maximum atomic E-state index is 5.34. The van der Waals surface area contributed by atoms with Gasteiger partial charge in [-0.15, -0.1) is 0 Å². The second kappa shape index (κ2) is 12.5. The highest BCUT2D eigenvalue weighted by molar-refractivity contribution is 5.86. The first-order valence-corrected chi connectivity index (χ1v) is 18.1. The molecular weight excluding hydrogens is 665 g/mol. The maximum absolute atomic E-state index is 5.34. The molecule has 0 bridgehead atoms. The van der Waals surface area contributed by atoms with E-state index in [1.807, 2.05) is 36.7 Å². The molecule has 0 saturated heterocycles. The Labute approximate surface area is 311 Å². The van der Waals surface area contributed by atoms with Gasteiger partial charge in [0.25, 0.3) is 0 Å². The van der Waals surface area contributed by atoms with Crippen LogP contribution in [0.15, 0.2) is 158 Å². The summed E-state index contributed by atoms with van der Waals surface area (Å²) < 4.78 is 8.86. The molecular formula is C46H35N8+. The minimum Gasteiger partial charge on any atom is -0.292 e. The Morgan fingerprint density at radius 3 is 1.72 bits per heavy atom. The number of hydrogen-bond acceptors (Lipinski definition) is 4. The van der Waals surface area contributed by atoms with Crippen LogP contribution in [-0.4, -0.2) is 33.8 Å². The molecule has 5 aromatic heterocycles. The van der Waals surface area contributed by atoms with Gasteiger partial charge in [-0.25, -0.2) is 19.9 Å². The standard InChI is InChI=1S/C46H35N8/c1-30-14-4-8-20-39(30)52-42-23-11-7-18-37(42)49-44(52)34-26-35(45-50-38-19-13-25-48-46(38)53(45)40-21-9-5-15-31(40)2)28-36(27-34)51-29-33-17-12-24-47-43(33)54(51)41-22-10-6-16-32(41)3/h4-29H,1-3H3/q+1. The van der Waals surface area contributed by atoms with Crippen molar-refractivity contribution < 1.29 is 4.68 Å². The van der Waals surface area contributed by atoms with E-state index < -0.39 is 0 Å². The average molecular weight is 700 g/mol. The van der Waals surface area contributed by atoms with Gasteiger partial charge < -0.3 is 0 Å². The van der Waals surface area contributed by atoms with Crippen LogP contribution < -0.4 is 4.68 Å². The topological polar surface area (TPSA) is 70.2 Å². The molecule has 0 aliphatic rings. The number of pyridine rings is 2. The number of hydrogen-bond donors (Lipinski definition) is 0. The number of imidazole rings is 2. The van der Waals surface area contributed by atoms with Crippen molar-refractivity contribution in [3.05, 3.63) is 175 Å². The Balaban J connectivity index is 1.33. The van der Waals surface area contributed by atoms with E-state index in [4.69, 9.17) is 19.9 Å². The van der Waals surface area contributed by atoms with Gasteiger partial charge in [-0.05, 0) is 98.1 Å². The molecule has 0 N–H and O–H groups in total. The molecule has 8 nitrogen and oxygen atoms in total. The van der Waals surface area contributed by atoms with Crippen molar-refractivity contribution in [3.63, 3.8) is 0 Å². The van der Waals surface area contributed by atoms with Gasteiger partial charge in [0.1, 0.15) is 22.9 Å². The third-order valence-corrected chi connectivity index (χ3v) is 10.2. The lowest BCUT2D eigenvalue weighted by molar-refractivity contribution is -0.672. The summed E-state index contributed by atoms with van der Waals surface area (Å²) >= 11 is 0. The van der Waals surface area contributed by atoms with Crippen LogP contribution in [0.4, 0.5) is 0 Å². The zero-order valence-electron chi connectivity index (χ0n) is 30.1. The SMILES string of the molecule is Cc1ccccc1-n1c(-c2cc(-c3nc4cccnc4n3-c3ccccc3C)cc(-[n+]3cc4cccnc4n3-c3ccccc3C)c2)nc2ccccc21. The Morgan fingerprint density at radius 1 is 0.481 bits per heavy atom. The quantitative estimate of drug-likeness (QED) is 0.162. The predicted octanol–water partition coefficient (Wildman–Crippen LogP) is 9.63. The second-order valence-electron chi connectivity index (χ2n) is 13.7. The normalized spacial score (nSPS) is 11.6. The minimum absolute atomic E-state index is 0.789. The van der Waals surface area contributed by atoms with Crippen molar-refractivity contribution in [3.8, 4) is 45.5 Å². The van der Waals surface area contributed by atoms with Gasteiger partial charge in [0, 0.05) is 35.7 Å². The van der Waals surface area contributed by atoms with Gasteiger partial charge in [-0.3, -0.25) is 9.13 Å². The lowest BCUT2D eigenvalue weighted by Crippen LogP contribution is -2.39. The Kier molecular flexibility index (Phi) is 7.30. The lowest BCUT2D eigenvalue weighted by atomic mass is 10.1. The van der Waals surface area contributed by atoms with Gasteiger partial charge in [0.2, 0.25) is 17.5 Å². The molecule has 0 aliphatic heterocycles. The largest absolute Gasteiger partial charge is 0.292 e. The van der Waals surface area contributed by atoms with Crippen molar-refractivity contribution in [1.82, 2.24) is 33.8 Å². The zero-order valence-corrected chi connectivity index (χ0v) is 30.1. The summed E-state index contributed by atoms with van der Waals surface area (Å²) in [6.45, 7) is 6.42. The molecule has 0 aliphatic carbocycles. The van der Waals surface area contributed by atoms with Crippen LogP contribution in [0.1, 0.15) is 16.7 Å². The number of nitrogens with zero attached hydrogens (tertiary/aromatic N) is 8. The number of para-hydroxylation sites is 5. The third kappa shape index (κ3) is 5.03. The monoisotopic (exact) mass is 699 g/mol. The number of rotatable bonds is 6. The summed E-state index contributed by atoms with van der Waals surface area (Å²) in [6, 6.07) is 48.4. The van der Waals surface area contributed by atoms with E-state index >= 15 is 0 Å². The summed E-state index contributed by atoms with van der Waals surface area (Å²) in [6.07, 6.45) is 5.84. The molecule has 5 aromatic carbocycles. The van der Waals surface area contributed by atoms with Crippen LogP contribution in [-0.2, 0) is 0 Å². The van der Waals surface area contributed by atoms with Gasteiger partial charge in [0.15, 0.2) is 5.65 Å². The second-order valence-corrected chi connectivity index (χ2v) is 13.7. The predicted molar refractivity (Wildman–Crippen MR) is 215 cm³/mol. The highest BCUT2D eigenvalue weighted by Gasteiger charge is 2.27. The summed E-state index contributed by atoms with van der Waals surface area (Å²) in [5, 5.41) is 1.02. The Bertz CT molecular complexity index is 2710. The first-order chi connectivity index (χ1) is 26.5. The lowest BCUT2D eigenvalue weighted by Gasteiger charge is -2.15. The van der Waals surface area contributed by atoms with E-state index in [0.29, 0.717) is 0 Å². The summed E-state index contributed by atoms with van der Waals surface area (Å²) in [4.78, 5) is 20.4. The van der Waals surface area contributed by atoms with Crippen LogP contribution in [0.5, 0.6) is 0 Å². The molecule has 0 fully saturated rings. The molecule has 8 heteroatoms. The number of aryl methyl sites for hydroxylation is 3. The summed E-state index contributed by atoms with van der Waals surface area (Å²) in [5.74, 6) is 1.62.